The normalized spacial score (nSPS) is 14.9. The number of benzene rings is 2. The van der Waals surface area contributed by atoms with Crippen molar-refractivity contribution in [3.63, 3.8) is 0 Å². The third-order valence-electron chi connectivity index (χ3n) is 4.64. The number of para-hydroxylation sites is 1. The predicted octanol–water partition coefficient (Wildman–Crippen LogP) is 3.34. The van der Waals surface area contributed by atoms with E-state index in [0.717, 1.165) is 15.6 Å². The molecule has 3 heterocycles. The lowest BCUT2D eigenvalue weighted by Crippen LogP contribution is -2.29. The molecule has 2 aromatic heterocycles. The molecular weight excluding hydrogens is 408 g/mol. The van der Waals surface area contributed by atoms with E-state index >= 15 is 0 Å². The summed E-state index contributed by atoms with van der Waals surface area (Å²) in [5.41, 5.74) is 2.64. The van der Waals surface area contributed by atoms with Gasteiger partial charge in [0.1, 0.15) is 9.90 Å². The van der Waals surface area contributed by atoms with Crippen LogP contribution in [-0.2, 0) is 16.6 Å². The number of rotatable bonds is 4. The van der Waals surface area contributed by atoms with Crippen molar-refractivity contribution in [3.05, 3.63) is 82.9 Å². The first-order valence-corrected chi connectivity index (χ1v) is 11.1. The molecule has 1 amide bonds. The second-order valence-corrected chi connectivity index (χ2v) is 9.22. The minimum Gasteiger partial charge on any atom is -0.268 e. The average molecular weight is 422 g/mol. The standard InChI is InChI=1S/C20H14N4O3S2/c25-20-16-8-4-5-9-18(16)29(26,27)24(20)12-19-22-17(13-28-19)14-10-21-23(11-14)15-6-2-1-3-7-15/h1-11,13H,12H2. The van der Waals surface area contributed by atoms with Crippen LogP contribution in [0.4, 0.5) is 0 Å². The number of aromatic nitrogens is 3. The monoisotopic (exact) mass is 422 g/mol. The zero-order chi connectivity index (χ0) is 20.0. The van der Waals surface area contributed by atoms with Crippen molar-refractivity contribution in [2.24, 2.45) is 0 Å². The quantitative estimate of drug-likeness (QED) is 0.504. The highest BCUT2D eigenvalue weighted by Crippen LogP contribution is 2.32. The van der Waals surface area contributed by atoms with Crippen molar-refractivity contribution in [1.82, 2.24) is 19.1 Å². The molecule has 1 aliphatic heterocycles. The van der Waals surface area contributed by atoms with Crippen LogP contribution in [0.2, 0.25) is 0 Å². The molecule has 0 atom stereocenters. The molecule has 2 aromatic carbocycles. The van der Waals surface area contributed by atoms with Gasteiger partial charge >= 0.3 is 0 Å². The van der Waals surface area contributed by atoms with Crippen molar-refractivity contribution in [3.8, 4) is 16.9 Å². The Bertz CT molecular complexity index is 1330. The Kier molecular flexibility index (Phi) is 4.07. The Hall–Kier alpha value is -3.30. The number of nitrogens with zero attached hydrogens (tertiary/aromatic N) is 4. The first-order chi connectivity index (χ1) is 14.0. The lowest BCUT2D eigenvalue weighted by Gasteiger charge is -2.12. The second kappa shape index (κ2) is 6.64. The van der Waals surface area contributed by atoms with Crippen LogP contribution in [0, 0.1) is 0 Å². The average Bonchev–Trinajstić information content (AvgIpc) is 3.45. The van der Waals surface area contributed by atoms with E-state index in [1.54, 1.807) is 23.0 Å². The van der Waals surface area contributed by atoms with Gasteiger partial charge in [0.2, 0.25) is 0 Å². The summed E-state index contributed by atoms with van der Waals surface area (Å²) in [4.78, 5) is 17.1. The van der Waals surface area contributed by atoms with Crippen LogP contribution in [0.3, 0.4) is 0 Å². The van der Waals surface area contributed by atoms with E-state index < -0.39 is 15.9 Å². The highest BCUT2D eigenvalue weighted by molar-refractivity contribution is 7.90. The smallest absolute Gasteiger partial charge is 0.268 e. The summed E-state index contributed by atoms with van der Waals surface area (Å²) in [5.74, 6) is -0.519. The molecule has 0 aliphatic carbocycles. The fourth-order valence-corrected chi connectivity index (χ4v) is 5.61. The number of thiazole rings is 1. The van der Waals surface area contributed by atoms with Gasteiger partial charge in [0.05, 0.1) is 29.7 Å². The van der Waals surface area contributed by atoms with E-state index in [-0.39, 0.29) is 17.0 Å². The maximum Gasteiger partial charge on any atom is 0.269 e. The number of fused-ring (bicyclic) bond motifs is 1. The summed E-state index contributed by atoms with van der Waals surface area (Å²) in [6.45, 7) is -0.0899. The summed E-state index contributed by atoms with van der Waals surface area (Å²) in [6, 6.07) is 15.9. The van der Waals surface area contributed by atoms with Gasteiger partial charge in [-0.25, -0.2) is 22.4 Å². The summed E-state index contributed by atoms with van der Waals surface area (Å²) >= 11 is 1.31. The molecule has 7 nitrogen and oxygen atoms in total. The van der Waals surface area contributed by atoms with Gasteiger partial charge < -0.3 is 0 Å². The zero-order valence-electron chi connectivity index (χ0n) is 15.0. The molecule has 9 heteroatoms. The van der Waals surface area contributed by atoms with Crippen LogP contribution in [0.5, 0.6) is 0 Å². The Balaban J connectivity index is 1.41. The summed E-state index contributed by atoms with van der Waals surface area (Å²) in [6.07, 6.45) is 3.57. The first kappa shape index (κ1) is 17.8. The van der Waals surface area contributed by atoms with Gasteiger partial charge in [0, 0.05) is 17.1 Å². The van der Waals surface area contributed by atoms with E-state index in [9.17, 15) is 13.2 Å². The molecule has 29 heavy (non-hydrogen) atoms. The summed E-state index contributed by atoms with van der Waals surface area (Å²) in [5, 5.41) is 6.73. The van der Waals surface area contributed by atoms with E-state index in [2.05, 4.69) is 10.1 Å². The van der Waals surface area contributed by atoms with Crippen molar-refractivity contribution < 1.29 is 13.2 Å². The third-order valence-corrected chi connectivity index (χ3v) is 7.26. The molecule has 144 valence electrons. The number of hydrogen-bond acceptors (Lipinski definition) is 6. The molecule has 0 saturated carbocycles. The van der Waals surface area contributed by atoms with Crippen LogP contribution >= 0.6 is 11.3 Å². The number of carbonyl (C=O) groups is 1. The lowest BCUT2D eigenvalue weighted by atomic mass is 10.2. The lowest BCUT2D eigenvalue weighted by molar-refractivity contribution is 0.0865. The highest BCUT2D eigenvalue weighted by Gasteiger charge is 2.41. The van der Waals surface area contributed by atoms with Gasteiger partial charge in [-0.05, 0) is 24.3 Å². The minimum absolute atomic E-state index is 0.0471. The van der Waals surface area contributed by atoms with Crippen LogP contribution in [0.15, 0.2) is 77.3 Å². The van der Waals surface area contributed by atoms with Crippen molar-refractivity contribution >= 4 is 27.3 Å². The molecule has 0 N–H and O–H groups in total. The Labute approximate surface area is 170 Å². The van der Waals surface area contributed by atoms with Crippen molar-refractivity contribution in [2.75, 3.05) is 0 Å². The summed E-state index contributed by atoms with van der Waals surface area (Å²) in [7, 11) is -3.85. The molecule has 5 rings (SSSR count). The number of sulfonamides is 1. The topological polar surface area (TPSA) is 85.2 Å². The van der Waals surface area contributed by atoms with Crippen LogP contribution in [0.1, 0.15) is 15.4 Å². The molecular formula is C20H14N4O3S2. The van der Waals surface area contributed by atoms with Crippen molar-refractivity contribution in [1.29, 1.82) is 0 Å². The Morgan fingerprint density at radius 3 is 2.55 bits per heavy atom. The summed E-state index contributed by atoms with van der Waals surface area (Å²) < 4.78 is 28.0. The largest absolute Gasteiger partial charge is 0.269 e. The van der Waals surface area contributed by atoms with Gasteiger partial charge in [-0.2, -0.15) is 5.10 Å². The Morgan fingerprint density at radius 1 is 1.00 bits per heavy atom. The maximum atomic E-state index is 12.7. The molecule has 0 bridgehead atoms. The molecule has 0 radical (unpaired) electrons. The van der Waals surface area contributed by atoms with E-state index in [1.807, 2.05) is 41.9 Å². The van der Waals surface area contributed by atoms with E-state index in [1.165, 1.54) is 23.5 Å². The highest BCUT2D eigenvalue weighted by atomic mass is 32.2. The molecule has 1 aliphatic rings. The fourth-order valence-electron chi connectivity index (χ4n) is 3.20. The molecule has 4 aromatic rings. The molecule has 0 spiro atoms. The zero-order valence-corrected chi connectivity index (χ0v) is 16.6. The molecule has 0 saturated heterocycles. The van der Waals surface area contributed by atoms with E-state index in [4.69, 9.17) is 0 Å². The third kappa shape index (κ3) is 2.95. The second-order valence-electron chi connectivity index (χ2n) is 6.45. The maximum absolute atomic E-state index is 12.7. The van der Waals surface area contributed by atoms with Crippen LogP contribution < -0.4 is 0 Å². The van der Waals surface area contributed by atoms with Gasteiger partial charge in [-0.15, -0.1) is 11.3 Å². The van der Waals surface area contributed by atoms with Gasteiger partial charge in [0.25, 0.3) is 15.9 Å². The van der Waals surface area contributed by atoms with Crippen LogP contribution in [-0.4, -0.2) is 33.4 Å². The number of amides is 1. The molecule has 0 unspecified atom stereocenters. The van der Waals surface area contributed by atoms with Crippen LogP contribution in [0.25, 0.3) is 16.9 Å². The fraction of sp³-hybridized carbons (Fsp3) is 0.0500. The number of hydrogen-bond donors (Lipinski definition) is 0. The predicted molar refractivity (Wildman–Crippen MR) is 108 cm³/mol. The Morgan fingerprint density at radius 2 is 1.76 bits per heavy atom. The van der Waals surface area contributed by atoms with Gasteiger partial charge in [-0.1, -0.05) is 30.3 Å². The van der Waals surface area contributed by atoms with Gasteiger partial charge in [0.15, 0.2) is 0 Å². The van der Waals surface area contributed by atoms with Crippen molar-refractivity contribution in [2.45, 2.75) is 11.4 Å². The SMILES string of the molecule is O=C1c2ccccc2S(=O)(=O)N1Cc1nc(-c2cnn(-c3ccccc3)c2)cs1. The first-order valence-electron chi connectivity index (χ1n) is 8.75. The van der Waals surface area contributed by atoms with Gasteiger partial charge in [-0.3, -0.25) is 4.79 Å². The minimum atomic E-state index is -3.85. The molecule has 0 fully saturated rings. The van der Waals surface area contributed by atoms with E-state index in [0.29, 0.717) is 10.7 Å². The number of carbonyl (C=O) groups excluding carboxylic acids is 1.